The van der Waals surface area contributed by atoms with E-state index in [-0.39, 0.29) is 0 Å². The molecule has 0 amide bonds. The summed E-state index contributed by atoms with van der Waals surface area (Å²) in [7, 11) is 1.57. The maximum Gasteiger partial charge on any atom is 0.106 e. The quantitative estimate of drug-likeness (QED) is 0.520. The third-order valence-corrected chi connectivity index (χ3v) is 2.46. The summed E-state index contributed by atoms with van der Waals surface area (Å²) in [6.45, 7) is 8.28. The van der Waals surface area contributed by atoms with Crippen LogP contribution in [0.2, 0.25) is 0 Å². The molecule has 1 aromatic rings. The van der Waals surface area contributed by atoms with Gasteiger partial charge in [0, 0.05) is 5.56 Å². The highest BCUT2D eigenvalue weighted by Crippen LogP contribution is 2.16. The molecule has 2 heteroatoms. The number of oxime groups is 1. The Morgan fingerprint density at radius 3 is 2.21 bits per heavy atom. The summed E-state index contributed by atoms with van der Waals surface area (Å²) in [5.74, 6) is 0. The number of benzene rings is 1. The normalized spacial score (nSPS) is 11.6. The number of rotatable bonds is 2. The first-order chi connectivity index (χ1) is 6.56. The second kappa shape index (κ2) is 4.27. The number of hydrogen-bond donors (Lipinski definition) is 0. The molecular formula is C12H17NO. The maximum absolute atomic E-state index is 4.77. The molecule has 76 valence electrons. The average Bonchev–Trinajstić information content (AvgIpc) is 2.11. The molecule has 2 nitrogen and oxygen atoms in total. The summed E-state index contributed by atoms with van der Waals surface area (Å²) in [5, 5.41) is 3.94. The van der Waals surface area contributed by atoms with Gasteiger partial charge in [-0.05, 0) is 50.5 Å². The molecule has 14 heavy (non-hydrogen) atoms. The van der Waals surface area contributed by atoms with Crippen LogP contribution in [-0.4, -0.2) is 12.8 Å². The highest BCUT2D eigenvalue weighted by atomic mass is 16.6. The highest BCUT2D eigenvalue weighted by Gasteiger charge is 2.04. The minimum atomic E-state index is 0.924. The van der Waals surface area contributed by atoms with Crippen LogP contribution < -0.4 is 0 Å². The third-order valence-electron chi connectivity index (χ3n) is 2.46. The standard InChI is InChI=1S/C12H17NO/c1-8-6-10(3)12(7-9(8)2)11(4)13-14-5/h6-7H,1-5H3/b13-11+. The van der Waals surface area contributed by atoms with Crippen molar-refractivity contribution in [2.75, 3.05) is 7.11 Å². The van der Waals surface area contributed by atoms with Crippen molar-refractivity contribution in [1.29, 1.82) is 0 Å². The maximum atomic E-state index is 4.77. The van der Waals surface area contributed by atoms with Crippen molar-refractivity contribution in [2.24, 2.45) is 5.16 Å². The Balaban J connectivity index is 3.22. The summed E-state index contributed by atoms with van der Waals surface area (Å²) in [4.78, 5) is 4.77. The van der Waals surface area contributed by atoms with E-state index in [1.54, 1.807) is 7.11 Å². The Bertz CT molecular complexity index is 367. The first kappa shape index (κ1) is 10.8. The van der Waals surface area contributed by atoms with Gasteiger partial charge in [-0.1, -0.05) is 11.2 Å². The zero-order chi connectivity index (χ0) is 10.7. The summed E-state index contributed by atoms with van der Waals surface area (Å²) >= 11 is 0. The molecule has 1 aromatic carbocycles. The van der Waals surface area contributed by atoms with Gasteiger partial charge in [0.2, 0.25) is 0 Å². The van der Waals surface area contributed by atoms with E-state index in [9.17, 15) is 0 Å². The Morgan fingerprint density at radius 2 is 1.64 bits per heavy atom. The minimum absolute atomic E-state index is 0.924. The largest absolute Gasteiger partial charge is 0.399 e. The zero-order valence-electron chi connectivity index (χ0n) is 9.51. The van der Waals surface area contributed by atoms with Crippen molar-refractivity contribution in [3.8, 4) is 0 Å². The lowest BCUT2D eigenvalue weighted by Gasteiger charge is -2.08. The Labute approximate surface area is 85.6 Å². The van der Waals surface area contributed by atoms with Gasteiger partial charge in [0.15, 0.2) is 0 Å². The van der Waals surface area contributed by atoms with E-state index in [1.807, 2.05) is 6.92 Å². The Kier molecular flexibility index (Phi) is 3.28. The average molecular weight is 191 g/mol. The van der Waals surface area contributed by atoms with Gasteiger partial charge in [-0.3, -0.25) is 0 Å². The predicted molar refractivity (Wildman–Crippen MR) is 59.9 cm³/mol. The fraction of sp³-hybridized carbons (Fsp3) is 0.417. The molecule has 0 saturated carbocycles. The van der Waals surface area contributed by atoms with E-state index in [0.717, 1.165) is 11.3 Å². The van der Waals surface area contributed by atoms with Crippen molar-refractivity contribution < 1.29 is 4.84 Å². The number of aryl methyl sites for hydroxylation is 3. The number of hydrogen-bond acceptors (Lipinski definition) is 2. The first-order valence-corrected chi connectivity index (χ1v) is 4.72. The molecule has 0 N–H and O–H groups in total. The third kappa shape index (κ3) is 2.13. The smallest absolute Gasteiger partial charge is 0.106 e. The van der Waals surface area contributed by atoms with E-state index < -0.39 is 0 Å². The fourth-order valence-corrected chi connectivity index (χ4v) is 1.54. The highest BCUT2D eigenvalue weighted by molar-refractivity contribution is 5.99. The molecule has 1 rings (SSSR count). The second-order valence-electron chi connectivity index (χ2n) is 3.61. The van der Waals surface area contributed by atoms with Crippen molar-refractivity contribution in [3.05, 3.63) is 34.4 Å². The lowest BCUT2D eigenvalue weighted by atomic mass is 9.98. The second-order valence-corrected chi connectivity index (χ2v) is 3.61. The van der Waals surface area contributed by atoms with Crippen LogP contribution in [0.3, 0.4) is 0 Å². The van der Waals surface area contributed by atoms with Gasteiger partial charge in [-0.2, -0.15) is 0 Å². The SMILES string of the molecule is CO/N=C(\C)c1cc(C)c(C)cc1C. The van der Waals surface area contributed by atoms with Gasteiger partial charge in [0.25, 0.3) is 0 Å². The van der Waals surface area contributed by atoms with Gasteiger partial charge < -0.3 is 4.84 Å². The molecule has 0 aromatic heterocycles. The van der Waals surface area contributed by atoms with E-state index >= 15 is 0 Å². The van der Waals surface area contributed by atoms with Gasteiger partial charge in [0.1, 0.15) is 7.11 Å². The monoisotopic (exact) mass is 191 g/mol. The Morgan fingerprint density at radius 1 is 1.07 bits per heavy atom. The van der Waals surface area contributed by atoms with Gasteiger partial charge in [0.05, 0.1) is 5.71 Å². The van der Waals surface area contributed by atoms with Crippen LogP contribution in [0.25, 0.3) is 0 Å². The molecule has 0 bridgehead atoms. The molecule has 0 heterocycles. The topological polar surface area (TPSA) is 21.6 Å². The molecule has 0 aliphatic heterocycles. The molecule has 0 aliphatic carbocycles. The van der Waals surface area contributed by atoms with Crippen LogP contribution in [0.5, 0.6) is 0 Å². The van der Waals surface area contributed by atoms with Crippen molar-refractivity contribution in [2.45, 2.75) is 27.7 Å². The van der Waals surface area contributed by atoms with Gasteiger partial charge >= 0.3 is 0 Å². The van der Waals surface area contributed by atoms with E-state index in [2.05, 4.69) is 38.1 Å². The predicted octanol–water partition coefficient (Wildman–Crippen LogP) is 2.98. The van der Waals surface area contributed by atoms with Crippen molar-refractivity contribution >= 4 is 5.71 Å². The molecule has 0 unspecified atom stereocenters. The number of nitrogens with zero attached hydrogens (tertiary/aromatic N) is 1. The van der Waals surface area contributed by atoms with Gasteiger partial charge in [-0.15, -0.1) is 0 Å². The molecule has 0 fully saturated rings. The van der Waals surface area contributed by atoms with E-state index in [4.69, 9.17) is 4.84 Å². The minimum Gasteiger partial charge on any atom is -0.399 e. The fourth-order valence-electron chi connectivity index (χ4n) is 1.54. The molecule has 0 spiro atoms. The van der Waals surface area contributed by atoms with Crippen LogP contribution in [0.4, 0.5) is 0 Å². The molecule has 0 atom stereocenters. The van der Waals surface area contributed by atoms with Gasteiger partial charge in [-0.25, -0.2) is 0 Å². The Hall–Kier alpha value is -1.31. The van der Waals surface area contributed by atoms with Crippen LogP contribution in [0.1, 0.15) is 29.2 Å². The van der Waals surface area contributed by atoms with E-state index in [0.29, 0.717) is 0 Å². The van der Waals surface area contributed by atoms with Crippen LogP contribution in [0, 0.1) is 20.8 Å². The lowest BCUT2D eigenvalue weighted by molar-refractivity contribution is 0.213. The lowest BCUT2D eigenvalue weighted by Crippen LogP contribution is -2.00. The summed E-state index contributed by atoms with van der Waals surface area (Å²) < 4.78 is 0. The van der Waals surface area contributed by atoms with E-state index in [1.165, 1.54) is 16.7 Å². The summed E-state index contributed by atoms with van der Waals surface area (Å²) in [6, 6.07) is 4.34. The van der Waals surface area contributed by atoms with Crippen LogP contribution in [-0.2, 0) is 4.84 Å². The summed E-state index contributed by atoms with van der Waals surface area (Å²) in [5.41, 5.74) is 5.93. The van der Waals surface area contributed by atoms with Crippen molar-refractivity contribution in [3.63, 3.8) is 0 Å². The molecule has 0 radical (unpaired) electrons. The van der Waals surface area contributed by atoms with Crippen molar-refractivity contribution in [1.82, 2.24) is 0 Å². The molecule has 0 saturated heterocycles. The van der Waals surface area contributed by atoms with Crippen LogP contribution >= 0.6 is 0 Å². The summed E-state index contributed by atoms with van der Waals surface area (Å²) in [6.07, 6.45) is 0. The zero-order valence-corrected chi connectivity index (χ0v) is 9.51. The van der Waals surface area contributed by atoms with Crippen LogP contribution in [0.15, 0.2) is 17.3 Å². The first-order valence-electron chi connectivity index (χ1n) is 4.72. The molecular weight excluding hydrogens is 174 g/mol. The molecule has 0 aliphatic rings.